The molecule has 2 heterocycles. The summed E-state index contributed by atoms with van der Waals surface area (Å²) in [5.74, 6) is 0.958. The lowest BCUT2D eigenvalue weighted by molar-refractivity contribution is -0.118. The Morgan fingerprint density at radius 2 is 1.87 bits per heavy atom. The van der Waals surface area contributed by atoms with Gasteiger partial charge in [-0.15, -0.1) is 0 Å². The molecule has 1 aromatic carbocycles. The lowest BCUT2D eigenvalue weighted by atomic mass is 10.2. The van der Waals surface area contributed by atoms with E-state index in [4.69, 9.17) is 0 Å². The van der Waals surface area contributed by atoms with Gasteiger partial charge in [0.2, 0.25) is 11.9 Å². The number of aromatic nitrogens is 3. The molecule has 31 heavy (non-hydrogen) atoms. The van der Waals surface area contributed by atoms with Crippen LogP contribution in [0.5, 0.6) is 0 Å². The van der Waals surface area contributed by atoms with Gasteiger partial charge in [-0.3, -0.25) is 4.79 Å². The molecule has 0 aliphatic rings. The highest BCUT2D eigenvalue weighted by Crippen LogP contribution is 2.25. The Bertz CT molecular complexity index is 1170. The van der Waals surface area contributed by atoms with E-state index in [1.54, 1.807) is 30.6 Å². The van der Waals surface area contributed by atoms with E-state index in [-0.39, 0.29) is 10.8 Å². The SMILES string of the molecule is CC(=O)NCCCNc1ncccc1-c1ccnc(Nc2cccc(S(C)(=O)=O)c2)n1. The summed E-state index contributed by atoms with van der Waals surface area (Å²) in [6, 6.07) is 12.0. The van der Waals surface area contributed by atoms with Gasteiger partial charge in [-0.05, 0) is 42.8 Å². The summed E-state index contributed by atoms with van der Waals surface area (Å²) >= 11 is 0. The van der Waals surface area contributed by atoms with Gasteiger partial charge in [0.1, 0.15) is 5.82 Å². The molecule has 3 rings (SSSR count). The maximum Gasteiger partial charge on any atom is 0.227 e. The van der Waals surface area contributed by atoms with Crippen molar-refractivity contribution in [1.29, 1.82) is 0 Å². The number of carbonyl (C=O) groups excluding carboxylic acids is 1. The van der Waals surface area contributed by atoms with Crippen molar-refractivity contribution in [1.82, 2.24) is 20.3 Å². The molecule has 3 N–H and O–H groups in total. The Balaban J connectivity index is 1.76. The van der Waals surface area contributed by atoms with Gasteiger partial charge in [0, 0.05) is 49.9 Å². The molecule has 0 aliphatic carbocycles. The van der Waals surface area contributed by atoms with Crippen LogP contribution in [0.2, 0.25) is 0 Å². The molecule has 0 atom stereocenters. The third kappa shape index (κ3) is 6.48. The number of hydrogen-bond donors (Lipinski definition) is 3. The van der Waals surface area contributed by atoms with Crippen molar-refractivity contribution in [3.05, 3.63) is 54.9 Å². The number of nitrogens with zero attached hydrogens (tertiary/aromatic N) is 3. The first-order valence-corrected chi connectivity index (χ1v) is 11.6. The predicted octanol–water partition coefficient (Wildman–Crippen LogP) is 2.62. The van der Waals surface area contributed by atoms with Gasteiger partial charge in [0.05, 0.1) is 10.6 Å². The number of rotatable bonds is 9. The maximum absolute atomic E-state index is 11.8. The molecule has 0 bridgehead atoms. The van der Waals surface area contributed by atoms with Gasteiger partial charge in [-0.1, -0.05) is 6.07 Å². The summed E-state index contributed by atoms with van der Waals surface area (Å²) in [6.07, 6.45) is 5.23. The molecule has 0 saturated heterocycles. The van der Waals surface area contributed by atoms with Crippen molar-refractivity contribution in [3.8, 4) is 11.3 Å². The van der Waals surface area contributed by atoms with Crippen molar-refractivity contribution >= 4 is 33.2 Å². The van der Waals surface area contributed by atoms with Crippen LogP contribution in [0.1, 0.15) is 13.3 Å². The highest BCUT2D eigenvalue weighted by atomic mass is 32.2. The lowest BCUT2D eigenvalue weighted by Crippen LogP contribution is -2.22. The van der Waals surface area contributed by atoms with Crippen molar-refractivity contribution in [2.45, 2.75) is 18.2 Å². The first kappa shape index (κ1) is 22.2. The van der Waals surface area contributed by atoms with Crippen LogP contribution in [-0.4, -0.2) is 48.6 Å². The molecule has 0 saturated carbocycles. The molecule has 162 valence electrons. The molecule has 0 fully saturated rings. The summed E-state index contributed by atoms with van der Waals surface area (Å²) in [7, 11) is -3.31. The summed E-state index contributed by atoms with van der Waals surface area (Å²) in [5, 5.41) is 9.07. The molecule has 0 aliphatic heterocycles. The number of nitrogens with one attached hydrogen (secondary N) is 3. The van der Waals surface area contributed by atoms with Crippen LogP contribution in [0.15, 0.2) is 59.8 Å². The number of amides is 1. The average molecular weight is 441 g/mol. The quantitative estimate of drug-likeness (QED) is 0.434. The second-order valence-corrected chi connectivity index (χ2v) is 8.87. The number of pyridine rings is 1. The summed E-state index contributed by atoms with van der Waals surface area (Å²) in [5.41, 5.74) is 2.04. The van der Waals surface area contributed by atoms with Crippen LogP contribution in [0.25, 0.3) is 11.3 Å². The first-order chi connectivity index (χ1) is 14.8. The monoisotopic (exact) mass is 440 g/mol. The van der Waals surface area contributed by atoms with Crippen LogP contribution in [-0.2, 0) is 14.6 Å². The van der Waals surface area contributed by atoms with Crippen molar-refractivity contribution in [3.63, 3.8) is 0 Å². The summed E-state index contributed by atoms with van der Waals surface area (Å²) in [4.78, 5) is 24.3. The maximum atomic E-state index is 11.8. The minimum atomic E-state index is -3.31. The third-order valence-corrected chi connectivity index (χ3v) is 5.39. The molecule has 0 radical (unpaired) electrons. The Morgan fingerprint density at radius 1 is 1.03 bits per heavy atom. The van der Waals surface area contributed by atoms with Crippen molar-refractivity contribution < 1.29 is 13.2 Å². The van der Waals surface area contributed by atoms with Gasteiger partial charge < -0.3 is 16.0 Å². The normalized spacial score (nSPS) is 11.0. The number of hydrogen-bond acceptors (Lipinski definition) is 8. The fraction of sp³-hybridized carbons (Fsp3) is 0.238. The number of carbonyl (C=O) groups is 1. The van der Waals surface area contributed by atoms with Gasteiger partial charge in [0.25, 0.3) is 0 Å². The second kappa shape index (κ2) is 9.98. The number of anilines is 3. The lowest BCUT2D eigenvalue weighted by Gasteiger charge is -2.12. The fourth-order valence-corrected chi connectivity index (χ4v) is 3.48. The van der Waals surface area contributed by atoms with E-state index in [9.17, 15) is 13.2 Å². The Morgan fingerprint density at radius 3 is 2.65 bits per heavy atom. The van der Waals surface area contributed by atoms with Gasteiger partial charge in [-0.25, -0.2) is 23.4 Å². The highest BCUT2D eigenvalue weighted by molar-refractivity contribution is 7.90. The molecule has 0 spiro atoms. The van der Waals surface area contributed by atoms with Crippen molar-refractivity contribution in [2.24, 2.45) is 0 Å². The molecule has 10 heteroatoms. The van der Waals surface area contributed by atoms with Crippen LogP contribution < -0.4 is 16.0 Å². The first-order valence-electron chi connectivity index (χ1n) is 9.67. The van der Waals surface area contributed by atoms with E-state index < -0.39 is 9.84 Å². The molecule has 9 nitrogen and oxygen atoms in total. The standard InChI is InChI=1S/C21H24N6O3S/c1-15(28)22-11-5-12-24-20-18(8-4-10-23-20)19-9-13-25-21(27-19)26-16-6-3-7-17(14-16)31(2,29)30/h3-4,6-10,13-14H,5,11-12H2,1-2H3,(H,22,28)(H,23,24)(H,25,26,27). The Labute approximate surface area is 181 Å². The van der Waals surface area contributed by atoms with Gasteiger partial charge in [0.15, 0.2) is 9.84 Å². The minimum absolute atomic E-state index is 0.0541. The largest absolute Gasteiger partial charge is 0.369 e. The van der Waals surface area contributed by atoms with E-state index in [0.717, 1.165) is 18.2 Å². The Kier molecular flexibility index (Phi) is 7.14. The molecular weight excluding hydrogens is 416 g/mol. The predicted molar refractivity (Wildman–Crippen MR) is 120 cm³/mol. The molecule has 0 unspecified atom stereocenters. The van der Waals surface area contributed by atoms with E-state index in [2.05, 4.69) is 30.9 Å². The zero-order valence-electron chi connectivity index (χ0n) is 17.3. The van der Waals surface area contributed by atoms with Crippen LogP contribution >= 0.6 is 0 Å². The van der Waals surface area contributed by atoms with Crippen LogP contribution in [0.4, 0.5) is 17.5 Å². The van der Waals surface area contributed by atoms with Crippen LogP contribution in [0.3, 0.4) is 0 Å². The summed E-state index contributed by atoms with van der Waals surface area (Å²) in [6.45, 7) is 2.71. The summed E-state index contributed by atoms with van der Waals surface area (Å²) < 4.78 is 23.6. The van der Waals surface area contributed by atoms with E-state index in [0.29, 0.717) is 36.2 Å². The fourth-order valence-electron chi connectivity index (χ4n) is 2.81. The number of benzene rings is 1. The minimum Gasteiger partial charge on any atom is -0.369 e. The highest BCUT2D eigenvalue weighted by Gasteiger charge is 2.11. The van der Waals surface area contributed by atoms with E-state index in [1.165, 1.54) is 19.1 Å². The molecular formula is C21H24N6O3S. The molecule has 1 amide bonds. The van der Waals surface area contributed by atoms with Gasteiger partial charge in [-0.2, -0.15) is 0 Å². The zero-order valence-corrected chi connectivity index (χ0v) is 18.1. The van der Waals surface area contributed by atoms with Crippen LogP contribution in [0, 0.1) is 0 Å². The number of sulfone groups is 1. The Hall–Kier alpha value is -3.53. The van der Waals surface area contributed by atoms with E-state index >= 15 is 0 Å². The topological polar surface area (TPSA) is 126 Å². The third-order valence-electron chi connectivity index (χ3n) is 4.28. The zero-order chi connectivity index (χ0) is 22.3. The average Bonchev–Trinajstić information content (AvgIpc) is 2.73. The molecule has 3 aromatic rings. The second-order valence-electron chi connectivity index (χ2n) is 6.85. The molecule has 2 aromatic heterocycles. The van der Waals surface area contributed by atoms with Gasteiger partial charge >= 0.3 is 0 Å². The van der Waals surface area contributed by atoms with Crippen molar-refractivity contribution in [2.75, 3.05) is 30.0 Å². The van der Waals surface area contributed by atoms with E-state index in [1.807, 2.05) is 12.1 Å². The smallest absolute Gasteiger partial charge is 0.227 e.